The fraction of sp³-hybridized carbons (Fsp3) is 0.643. The molecule has 3 fully saturated rings. The van der Waals surface area contributed by atoms with Gasteiger partial charge in [-0.25, -0.2) is 12.4 Å². The first-order valence-corrected chi connectivity index (χ1v) is 15.7. The van der Waals surface area contributed by atoms with Gasteiger partial charge in [-0.15, -0.1) is 0 Å². The standard InChI is InChI=1S/C28H38N4O4S/c1-2-37(35,36)32-25-12-9-19(28(34)31-14-5-6-20(17-31)27(33)29-21-10-11-21)16-23(25)24-18-30(15-13-26(24)32)22-7-3-4-8-22/h9,12,16,20-22H,2-8,10-11,13-15,17-18H2,1H3,(H,29,33)/t20-/m1/s1. The lowest BCUT2D eigenvalue weighted by atomic mass is 9.96. The molecule has 4 aliphatic rings. The van der Waals surface area contributed by atoms with Crippen molar-refractivity contribution in [2.24, 2.45) is 5.92 Å². The Bertz CT molecular complexity index is 1320. The van der Waals surface area contributed by atoms with E-state index in [1.807, 2.05) is 12.1 Å². The molecule has 200 valence electrons. The lowest BCUT2D eigenvalue weighted by Gasteiger charge is -2.33. The van der Waals surface area contributed by atoms with E-state index < -0.39 is 10.0 Å². The third kappa shape index (κ3) is 4.69. The van der Waals surface area contributed by atoms with Gasteiger partial charge in [0.25, 0.3) is 5.91 Å². The monoisotopic (exact) mass is 526 g/mol. The molecular weight excluding hydrogens is 488 g/mol. The molecule has 2 aromatic rings. The summed E-state index contributed by atoms with van der Waals surface area (Å²) in [6, 6.07) is 6.37. The number of carbonyl (C=O) groups excluding carboxylic acids is 2. The summed E-state index contributed by atoms with van der Waals surface area (Å²) < 4.78 is 27.9. The van der Waals surface area contributed by atoms with Gasteiger partial charge in [0.15, 0.2) is 0 Å². The molecule has 2 aliphatic heterocycles. The number of nitrogens with one attached hydrogen (secondary N) is 1. The molecule has 0 bridgehead atoms. The van der Waals surface area contributed by atoms with Crippen LogP contribution in [-0.2, 0) is 27.8 Å². The van der Waals surface area contributed by atoms with Crippen LogP contribution in [0.3, 0.4) is 0 Å². The van der Waals surface area contributed by atoms with Crippen molar-refractivity contribution < 1.29 is 18.0 Å². The number of carbonyl (C=O) groups is 2. The van der Waals surface area contributed by atoms with E-state index in [9.17, 15) is 18.0 Å². The number of hydrogen-bond donors (Lipinski definition) is 1. The molecule has 9 heteroatoms. The van der Waals surface area contributed by atoms with Crippen molar-refractivity contribution in [3.05, 3.63) is 35.0 Å². The Kier molecular flexibility index (Phi) is 6.55. The minimum atomic E-state index is -3.48. The number of benzene rings is 1. The lowest BCUT2D eigenvalue weighted by molar-refractivity contribution is -0.126. The predicted molar refractivity (Wildman–Crippen MR) is 143 cm³/mol. The zero-order valence-corrected chi connectivity index (χ0v) is 22.6. The highest BCUT2D eigenvalue weighted by atomic mass is 32.2. The van der Waals surface area contributed by atoms with Gasteiger partial charge < -0.3 is 10.2 Å². The highest BCUT2D eigenvalue weighted by Crippen LogP contribution is 2.36. The van der Waals surface area contributed by atoms with Crippen LogP contribution in [0.1, 0.15) is 79.9 Å². The number of piperidine rings is 1. The van der Waals surface area contributed by atoms with Crippen LogP contribution < -0.4 is 5.32 Å². The van der Waals surface area contributed by atoms with Crippen LogP contribution in [0.4, 0.5) is 0 Å². The van der Waals surface area contributed by atoms with Gasteiger partial charge >= 0.3 is 0 Å². The summed E-state index contributed by atoms with van der Waals surface area (Å²) >= 11 is 0. The average molecular weight is 527 g/mol. The van der Waals surface area contributed by atoms with Gasteiger partial charge in [0.2, 0.25) is 15.9 Å². The molecule has 1 atom stereocenters. The first-order valence-electron chi connectivity index (χ1n) is 14.1. The maximum atomic E-state index is 13.6. The quantitative estimate of drug-likeness (QED) is 0.624. The smallest absolute Gasteiger partial charge is 0.253 e. The van der Waals surface area contributed by atoms with E-state index in [4.69, 9.17) is 0 Å². The Labute approximate surface area is 219 Å². The molecule has 2 amide bonds. The van der Waals surface area contributed by atoms with E-state index in [1.165, 1.54) is 25.7 Å². The molecule has 1 saturated heterocycles. The predicted octanol–water partition coefficient (Wildman–Crippen LogP) is 3.27. The van der Waals surface area contributed by atoms with Gasteiger partial charge in [-0.05, 0) is 69.2 Å². The summed E-state index contributed by atoms with van der Waals surface area (Å²) in [6.45, 7) is 4.37. The van der Waals surface area contributed by atoms with Gasteiger partial charge in [0, 0.05) is 61.3 Å². The maximum absolute atomic E-state index is 13.6. The zero-order valence-electron chi connectivity index (χ0n) is 21.7. The Morgan fingerprint density at radius 3 is 2.54 bits per heavy atom. The molecule has 1 aromatic heterocycles. The number of amides is 2. The van der Waals surface area contributed by atoms with E-state index in [1.54, 1.807) is 21.9 Å². The number of likely N-dealkylation sites (tertiary alicyclic amines) is 1. The molecule has 3 heterocycles. The van der Waals surface area contributed by atoms with Crippen molar-refractivity contribution in [1.82, 2.24) is 19.1 Å². The summed E-state index contributed by atoms with van der Waals surface area (Å²) in [5.41, 5.74) is 3.19. The van der Waals surface area contributed by atoms with Crippen LogP contribution in [-0.4, -0.2) is 71.5 Å². The van der Waals surface area contributed by atoms with E-state index in [0.717, 1.165) is 55.4 Å². The molecule has 6 rings (SSSR count). The van der Waals surface area contributed by atoms with Crippen molar-refractivity contribution in [2.45, 2.75) is 83.3 Å². The molecular formula is C28H38N4O4S. The van der Waals surface area contributed by atoms with E-state index in [-0.39, 0.29) is 23.5 Å². The van der Waals surface area contributed by atoms with Crippen LogP contribution in [0.5, 0.6) is 0 Å². The number of aromatic nitrogens is 1. The lowest BCUT2D eigenvalue weighted by Crippen LogP contribution is -2.45. The van der Waals surface area contributed by atoms with E-state index in [0.29, 0.717) is 42.7 Å². The van der Waals surface area contributed by atoms with Crippen LogP contribution in [0, 0.1) is 5.92 Å². The highest BCUT2D eigenvalue weighted by Gasteiger charge is 2.34. The van der Waals surface area contributed by atoms with Crippen molar-refractivity contribution >= 4 is 32.7 Å². The van der Waals surface area contributed by atoms with Crippen molar-refractivity contribution in [3.63, 3.8) is 0 Å². The molecule has 8 nitrogen and oxygen atoms in total. The number of hydrogen-bond acceptors (Lipinski definition) is 5. The number of fused-ring (bicyclic) bond motifs is 3. The molecule has 1 N–H and O–H groups in total. The maximum Gasteiger partial charge on any atom is 0.253 e. The third-order valence-corrected chi connectivity index (χ3v) is 10.6. The minimum absolute atomic E-state index is 0.0360. The molecule has 0 spiro atoms. The average Bonchev–Trinajstić information content (AvgIpc) is 3.43. The van der Waals surface area contributed by atoms with Crippen LogP contribution in [0.15, 0.2) is 18.2 Å². The van der Waals surface area contributed by atoms with Crippen LogP contribution >= 0.6 is 0 Å². The summed E-state index contributed by atoms with van der Waals surface area (Å²) in [6.07, 6.45) is 9.35. The first kappa shape index (κ1) is 24.9. The summed E-state index contributed by atoms with van der Waals surface area (Å²) in [4.78, 5) is 30.6. The molecule has 0 unspecified atom stereocenters. The van der Waals surface area contributed by atoms with Gasteiger partial charge in [-0.3, -0.25) is 14.5 Å². The Balaban J connectivity index is 1.32. The van der Waals surface area contributed by atoms with Crippen molar-refractivity contribution in [2.75, 3.05) is 25.4 Å². The summed E-state index contributed by atoms with van der Waals surface area (Å²) in [7, 11) is -3.48. The molecule has 1 aromatic carbocycles. The second kappa shape index (κ2) is 9.73. The fourth-order valence-electron chi connectivity index (χ4n) is 6.60. The molecule has 2 saturated carbocycles. The molecule has 37 heavy (non-hydrogen) atoms. The molecule has 0 radical (unpaired) electrons. The highest BCUT2D eigenvalue weighted by molar-refractivity contribution is 7.90. The Hall–Kier alpha value is -2.39. The molecule has 2 aliphatic carbocycles. The topological polar surface area (TPSA) is 91.7 Å². The number of nitrogens with zero attached hydrogens (tertiary/aromatic N) is 3. The van der Waals surface area contributed by atoms with E-state index >= 15 is 0 Å². The Morgan fingerprint density at radius 1 is 1.03 bits per heavy atom. The largest absolute Gasteiger partial charge is 0.353 e. The van der Waals surface area contributed by atoms with Crippen molar-refractivity contribution in [3.8, 4) is 0 Å². The normalized spacial score (nSPS) is 23.4. The van der Waals surface area contributed by atoms with Gasteiger partial charge in [0.1, 0.15) is 0 Å². The second-order valence-corrected chi connectivity index (χ2v) is 13.5. The minimum Gasteiger partial charge on any atom is -0.353 e. The van der Waals surface area contributed by atoms with Crippen molar-refractivity contribution in [1.29, 1.82) is 0 Å². The third-order valence-electron chi connectivity index (χ3n) is 8.87. The zero-order chi connectivity index (χ0) is 25.7. The Morgan fingerprint density at radius 2 is 1.81 bits per heavy atom. The second-order valence-electron chi connectivity index (χ2n) is 11.4. The first-order chi connectivity index (χ1) is 17.9. The fourth-order valence-corrected chi connectivity index (χ4v) is 7.86. The van der Waals surface area contributed by atoms with Crippen LogP contribution in [0.2, 0.25) is 0 Å². The SMILES string of the molecule is CCS(=O)(=O)n1c2c(c3cc(C(=O)N4CCC[C@@H](C(=O)NC5CC5)C4)ccc31)CN(C1CCCC1)CC2. The summed E-state index contributed by atoms with van der Waals surface area (Å²) in [5, 5.41) is 3.97. The van der Waals surface area contributed by atoms with Crippen LogP contribution in [0.25, 0.3) is 10.9 Å². The summed E-state index contributed by atoms with van der Waals surface area (Å²) in [5.74, 6) is -0.132. The van der Waals surface area contributed by atoms with Gasteiger partial charge in [0.05, 0.1) is 17.2 Å². The number of rotatable bonds is 6. The van der Waals surface area contributed by atoms with Gasteiger partial charge in [-0.2, -0.15) is 0 Å². The van der Waals surface area contributed by atoms with E-state index in [2.05, 4.69) is 10.2 Å². The van der Waals surface area contributed by atoms with Gasteiger partial charge in [-0.1, -0.05) is 12.8 Å².